The number of carbonyl (C=O) groups excluding carboxylic acids is 6. The number of sulfone groups is 1. The Morgan fingerprint density at radius 1 is 0.791 bits per heavy atom. The molecule has 6 amide bonds. The van der Waals surface area contributed by atoms with Crippen LogP contribution in [-0.4, -0.2) is 167 Å². The third-order valence-corrected chi connectivity index (χ3v) is 21.9. The molecule has 5 aliphatic rings. The molecule has 3 saturated heterocycles. The molecule has 4 heterocycles. The van der Waals surface area contributed by atoms with Crippen LogP contribution in [0, 0.1) is 5.41 Å². The first-order valence-corrected chi connectivity index (χ1v) is 35.2. The lowest BCUT2D eigenvalue weighted by Gasteiger charge is -2.39. The molecular formula is C66H82F3N9O10S3. The number of carbonyl (C=O) groups is 6. The van der Waals surface area contributed by atoms with E-state index in [1.807, 2.05) is 35.1 Å². The maximum Gasteiger partial charge on any atom is 0.501 e. The molecule has 1 unspecified atom stereocenters. The minimum absolute atomic E-state index is 0.00216. The number of halogens is 3. The number of allylic oxidation sites excluding steroid dienone is 2. The maximum atomic E-state index is 14.5. The number of nitrogens with zero attached hydrogens (tertiary/aromatic N) is 5. The van der Waals surface area contributed by atoms with E-state index < -0.39 is 82.5 Å². The van der Waals surface area contributed by atoms with E-state index >= 15 is 0 Å². The van der Waals surface area contributed by atoms with E-state index in [9.17, 15) is 58.8 Å². The molecule has 0 aromatic heterocycles. The van der Waals surface area contributed by atoms with Crippen LogP contribution in [0.15, 0.2) is 129 Å². The summed E-state index contributed by atoms with van der Waals surface area (Å²) >= 11 is 1.40. The maximum absolute atomic E-state index is 14.5. The molecule has 0 spiro atoms. The molecule has 4 aromatic carbocycles. The van der Waals surface area contributed by atoms with E-state index in [2.05, 4.69) is 58.0 Å². The Balaban J connectivity index is 0.759. The summed E-state index contributed by atoms with van der Waals surface area (Å²) in [4.78, 5) is 85.4. The molecule has 4 aliphatic heterocycles. The Hall–Kier alpha value is -7.06. The number of hydrogen-bond acceptors (Lipinski definition) is 16. The lowest BCUT2D eigenvalue weighted by molar-refractivity contribution is -0.136. The summed E-state index contributed by atoms with van der Waals surface area (Å²) in [5, 5.41) is 8.46. The van der Waals surface area contributed by atoms with Crippen LogP contribution in [0.4, 0.5) is 30.2 Å². The third-order valence-electron chi connectivity index (χ3n) is 17.9. The van der Waals surface area contributed by atoms with Crippen molar-refractivity contribution >= 4 is 84.1 Å². The summed E-state index contributed by atoms with van der Waals surface area (Å²) in [6.07, 6.45) is 9.20. The van der Waals surface area contributed by atoms with Gasteiger partial charge in [0, 0.05) is 118 Å². The van der Waals surface area contributed by atoms with Gasteiger partial charge < -0.3 is 20.4 Å². The molecule has 0 bridgehead atoms. The minimum Gasteiger partial charge on any atom is -0.385 e. The second kappa shape index (κ2) is 29.7. The monoisotopic (exact) mass is 1310 g/mol. The third kappa shape index (κ3) is 17.4. The number of sulfonamides is 1. The zero-order valence-electron chi connectivity index (χ0n) is 51.9. The van der Waals surface area contributed by atoms with E-state index in [1.165, 1.54) is 35.5 Å². The van der Waals surface area contributed by atoms with Gasteiger partial charge in [-0.3, -0.25) is 48.8 Å². The summed E-state index contributed by atoms with van der Waals surface area (Å²) in [7, 11) is -11.1. The Morgan fingerprint density at radius 3 is 2.19 bits per heavy atom. The molecule has 4 N–H and O–H groups in total. The Kier molecular flexibility index (Phi) is 22.3. The van der Waals surface area contributed by atoms with Crippen molar-refractivity contribution in [1.82, 2.24) is 29.6 Å². The van der Waals surface area contributed by atoms with E-state index in [1.54, 1.807) is 40.3 Å². The predicted octanol–water partition coefficient (Wildman–Crippen LogP) is 9.65. The molecule has 2 atom stereocenters. The molecule has 91 heavy (non-hydrogen) atoms. The molecular weight excluding hydrogens is 1230 g/mol. The lowest BCUT2D eigenvalue weighted by atomic mass is 9.73. The van der Waals surface area contributed by atoms with Gasteiger partial charge >= 0.3 is 5.51 Å². The van der Waals surface area contributed by atoms with Gasteiger partial charge in [0.15, 0.2) is 0 Å². The first-order valence-electron chi connectivity index (χ1n) is 31.3. The highest BCUT2D eigenvalue weighted by molar-refractivity contribution is 7.99. The quantitative estimate of drug-likeness (QED) is 0.0188. The standard InChI is InChI=1S/C66H82F3N9O10S3/c1-5-45(2)15-16-47-42-65(3,4)29-27-48(47)43-75-34-36-76(37-35-75)51-20-17-46(18-21-51)61(81)73-91(87,88)53-22-24-56(58(41-53)90(85,86)66(67,68)69)71-50(44-89-52-12-8-6-9-13-52)28-31-74-32-38-77(39-33-74)60(80)14-10-7-11-30-70-49-19-23-54-55(40-49)64(84)78(63(54)83)57-25-26-59(79)72-62(57)82/h6,8-9,12-13,17-24,40-41,50,57,70-71H,2,5,7,10-11,14-16,25-39,42-44H2,1,3-4H3,(H,73,81)(H,72,79,82)/t50-,57?/m1/s1. The number of thioether (sulfide) groups is 1. The lowest BCUT2D eigenvalue weighted by Crippen LogP contribution is -2.54. The highest BCUT2D eigenvalue weighted by Crippen LogP contribution is 2.42. The van der Waals surface area contributed by atoms with Crippen LogP contribution in [0.5, 0.6) is 0 Å². The molecule has 490 valence electrons. The van der Waals surface area contributed by atoms with Crippen molar-refractivity contribution in [2.45, 2.75) is 137 Å². The normalized spacial score (nSPS) is 18.9. The average molecular weight is 1310 g/mol. The van der Waals surface area contributed by atoms with Crippen LogP contribution in [-0.2, 0) is 34.2 Å². The summed E-state index contributed by atoms with van der Waals surface area (Å²) in [5.74, 6) is -3.08. The number of benzene rings is 4. The number of rotatable bonds is 27. The number of imide groups is 2. The van der Waals surface area contributed by atoms with E-state index in [0.717, 1.165) is 105 Å². The van der Waals surface area contributed by atoms with E-state index in [4.69, 9.17) is 0 Å². The number of alkyl halides is 3. The largest absolute Gasteiger partial charge is 0.501 e. The zero-order valence-corrected chi connectivity index (χ0v) is 54.3. The van der Waals surface area contributed by atoms with Crippen molar-refractivity contribution < 1.29 is 58.8 Å². The molecule has 4 aromatic rings. The molecule has 9 rings (SSSR count). The number of piperazine rings is 2. The molecule has 1 aliphatic carbocycles. The fourth-order valence-corrected chi connectivity index (χ4v) is 15.3. The Morgan fingerprint density at radius 2 is 1.49 bits per heavy atom. The first-order chi connectivity index (χ1) is 43.3. The van der Waals surface area contributed by atoms with Crippen molar-refractivity contribution in [3.05, 3.63) is 131 Å². The molecule has 3 fully saturated rings. The van der Waals surface area contributed by atoms with Crippen LogP contribution in [0.3, 0.4) is 0 Å². The smallest absolute Gasteiger partial charge is 0.385 e. The highest BCUT2D eigenvalue weighted by Gasteiger charge is 2.49. The topological polar surface area (TPSA) is 235 Å². The number of amides is 6. The van der Waals surface area contributed by atoms with Gasteiger partial charge in [-0.2, -0.15) is 13.2 Å². The molecule has 0 radical (unpaired) electrons. The minimum atomic E-state index is -6.16. The van der Waals surface area contributed by atoms with E-state index in [-0.39, 0.29) is 46.6 Å². The zero-order chi connectivity index (χ0) is 65.3. The number of unbranched alkanes of at least 4 members (excludes halogenated alkanes) is 2. The van der Waals surface area contributed by atoms with Crippen molar-refractivity contribution in [2.75, 3.05) is 93.3 Å². The van der Waals surface area contributed by atoms with E-state index in [0.29, 0.717) is 76.7 Å². The fraction of sp³-hybridized carbons (Fsp3) is 0.485. The Bertz CT molecular complexity index is 3630. The predicted molar refractivity (Wildman–Crippen MR) is 345 cm³/mol. The SMILES string of the molecule is C=C(CC)CCC1=C(CN2CCN(c3ccc(C(=O)NS(=O)(=O)c4ccc(N[C@H](CCN5CCN(C(=O)CCCCCNc6ccc7c(c6)C(=O)N(C6CCC(=O)NC6=O)C7=O)CC5)CSc5ccccc5)c(S(=O)(=O)C(F)(F)F)c4)cc3)CC2)CCC(C)(C)C1. The summed E-state index contributed by atoms with van der Waals surface area (Å²) < 4.78 is 99.7. The van der Waals surface area contributed by atoms with Gasteiger partial charge in [0.05, 0.1) is 21.7 Å². The van der Waals surface area contributed by atoms with Crippen molar-refractivity contribution in [3.63, 3.8) is 0 Å². The summed E-state index contributed by atoms with van der Waals surface area (Å²) in [6, 6.07) is 21.1. The fourth-order valence-electron chi connectivity index (χ4n) is 12.3. The highest BCUT2D eigenvalue weighted by atomic mass is 32.2. The molecule has 25 heteroatoms. The number of anilines is 3. The van der Waals surface area contributed by atoms with Gasteiger partial charge in [-0.1, -0.05) is 68.7 Å². The number of hydrogen-bond donors (Lipinski definition) is 4. The second-order valence-electron chi connectivity index (χ2n) is 24.9. The van der Waals surface area contributed by atoms with Gasteiger partial charge in [0.1, 0.15) is 10.9 Å². The second-order valence-corrected chi connectivity index (χ2v) is 29.6. The van der Waals surface area contributed by atoms with Gasteiger partial charge in [-0.15, -0.1) is 11.8 Å². The van der Waals surface area contributed by atoms with Gasteiger partial charge in [0.2, 0.25) is 17.7 Å². The van der Waals surface area contributed by atoms with Crippen LogP contribution >= 0.6 is 11.8 Å². The summed E-state index contributed by atoms with van der Waals surface area (Å²) in [6.45, 7) is 18.0. The van der Waals surface area contributed by atoms with Gasteiger partial charge in [-0.05, 0) is 142 Å². The number of piperidine rings is 1. The van der Waals surface area contributed by atoms with Crippen LogP contribution < -0.4 is 25.6 Å². The van der Waals surface area contributed by atoms with Crippen molar-refractivity contribution in [1.29, 1.82) is 0 Å². The Labute approximate surface area is 535 Å². The van der Waals surface area contributed by atoms with Crippen LogP contribution in [0.1, 0.15) is 135 Å². The number of fused-ring (bicyclic) bond motifs is 1. The van der Waals surface area contributed by atoms with Crippen LogP contribution in [0.25, 0.3) is 0 Å². The van der Waals surface area contributed by atoms with Gasteiger partial charge in [0.25, 0.3) is 37.6 Å². The molecule has 19 nitrogen and oxygen atoms in total. The van der Waals surface area contributed by atoms with Gasteiger partial charge in [-0.25, -0.2) is 21.6 Å². The van der Waals surface area contributed by atoms with Crippen LogP contribution in [0.2, 0.25) is 0 Å². The first kappa shape index (κ1) is 68.3. The van der Waals surface area contributed by atoms with Crippen molar-refractivity contribution in [3.8, 4) is 0 Å². The molecule has 0 saturated carbocycles. The van der Waals surface area contributed by atoms with Crippen molar-refractivity contribution in [2.24, 2.45) is 5.41 Å². The average Bonchev–Trinajstić information content (AvgIpc) is 1.75. The summed E-state index contributed by atoms with van der Waals surface area (Å²) in [5.41, 5.74) is 0.173. The number of nitrogens with one attached hydrogen (secondary N) is 4.